The maximum atomic E-state index is 13.2. The van der Waals surface area contributed by atoms with E-state index >= 15 is 0 Å². The largest absolute Gasteiger partial charge is 0.457 e. The van der Waals surface area contributed by atoms with Gasteiger partial charge in [-0.25, -0.2) is 17.5 Å². The second-order valence-electron chi connectivity index (χ2n) is 7.30. The number of carbonyl (C=O) groups is 1. The van der Waals surface area contributed by atoms with Gasteiger partial charge < -0.3 is 14.4 Å². The minimum Gasteiger partial charge on any atom is -0.457 e. The summed E-state index contributed by atoms with van der Waals surface area (Å²) in [5.74, 6) is -0.917. The van der Waals surface area contributed by atoms with Gasteiger partial charge in [-0.05, 0) is 24.3 Å². The van der Waals surface area contributed by atoms with Gasteiger partial charge in [-0.2, -0.15) is 13.2 Å². The second-order valence-corrected chi connectivity index (χ2v) is 9.45. The average molecular weight is 472 g/mol. The first kappa shape index (κ1) is 24.0. The van der Waals surface area contributed by atoms with Crippen molar-refractivity contribution in [3.05, 3.63) is 59.2 Å². The Hall–Kier alpha value is -2.63. The topological polar surface area (TPSA) is 76.2 Å². The van der Waals surface area contributed by atoms with Crippen molar-refractivity contribution < 1.29 is 35.9 Å². The van der Waals surface area contributed by atoms with Crippen LogP contribution in [0.4, 0.5) is 18.9 Å². The van der Waals surface area contributed by atoms with Crippen molar-refractivity contribution in [2.75, 3.05) is 45.3 Å². The van der Waals surface area contributed by atoms with Crippen molar-refractivity contribution in [3.63, 3.8) is 0 Å². The molecule has 1 aliphatic rings. The maximum absolute atomic E-state index is 13.2. The third-order valence-corrected chi connectivity index (χ3v) is 6.81. The number of ether oxygens (including phenoxy) is 2. The Balaban J connectivity index is 1.94. The van der Waals surface area contributed by atoms with Crippen LogP contribution in [0.25, 0.3) is 0 Å². The summed E-state index contributed by atoms with van der Waals surface area (Å²) in [6, 6.07) is 8.89. The van der Waals surface area contributed by atoms with Crippen LogP contribution < -0.4 is 4.90 Å². The number of sulfonamides is 1. The monoisotopic (exact) mass is 472 g/mol. The first-order chi connectivity index (χ1) is 15.0. The Labute approximate surface area is 184 Å². The predicted octanol–water partition coefficient (Wildman–Crippen LogP) is 3.15. The lowest BCUT2D eigenvalue weighted by Crippen LogP contribution is -2.37. The van der Waals surface area contributed by atoms with Gasteiger partial charge in [0.25, 0.3) is 0 Å². The smallest absolute Gasteiger partial charge is 0.416 e. The molecule has 0 aromatic heterocycles. The molecule has 0 spiro atoms. The molecule has 1 fully saturated rings. The van der Waals surface area contributed by atoms with E-state index in [9.17, 15) is 26.4 Å². The van der Waals surface area contributed by atoms with Gasteiger partial charge in [0.1, 0.15) is 6.61 Å². The van der Waals surface area contributed by atoms with Gasteiger partial charge in [-0.15, -0.1) is 0 Å². The SMILES string of the molecule is CN(C)S(=O)(=O)c1ccc(N2CCOCC2)c(C(=O)OCc2ccccc2C(F)(F)F)c1. The van der Waals surface area contributed by atoms with E-state index in [4.69, 9.17) is 9.47 Å². The Kier molecular flexibility index (Phi) is 7.11. The quantitative estimate of drug-likeness (QED) is 0.602. The molecule has 2 aromatic carbocycles. The van der Waals surface area contributed by atoms with Crippen LogP contribution in [-0.4, -0.2) is 59.1 Å². The summed E-state index contributed by atoms with van der Waals surface area (Å²) < 4.78 is 76.3. The molecule has 1 saturated heterocycles. The molecule has 0 bridgehead atoms. The number of hydrogen-bond acceptors (Lipinski definition) is 6. The van der Waals surface area contributed by atoms with Crippen molar-refractivity contribution in [2.24, 2.45) is 0 Å². The minimum absolute atomic E-state index is 0.0423. The molecule has 3 rings (SSSR count). The van der Waals surface area contributed by atoms with Crippen LogP contribution in [0.3, 0.4) is 0 Å². The maximum Gasteiger partial charge on any atom is 0.416 e. The third kappa shape index (κ3) is 5.22. The first-order valence-corrected chi connectivity index (χ1v) is 11.2. The van der Waals surface area contributed by atoms with Gasteiger partial charge in [-0.1, -0.05) is 18.2 Å². The molecule has 11 heteroatoms. The van der Waals surface area contributed by atoms with Gasteiger partial charge in [0.05, 0.1) is 34.9 Å². The molecule has 0 atom stereocenters. The molecule has 174 valence electrons. The van der Waals surface area contributed by atoms with E-state index in [1.54, 1.807) is 0 Å². The summed E-state index contributed by atoms with van der Waals surface area (Å²) >= 11 is 0. The Morgan fingerprint density at radius 2 is 1.78 bits per heavy atom. The van der Waals surface area contributed by atoms with E-state index < -0.39 is 34.3 Å². The van der Waals surface area contributed by atoms with Crippen LogP contribution in [0.2, 0.25) is 0 Å². The third-order valence-electron chi connectivity index (χ3n) is 5.00. The number of alkyl halides is 3. The lowest BCUT2D eigenvalue weighted by molar-refractivity contribution is -0.138. The molecule has 0 amide bonds. The zero-order valence-corrected chi connectivity index (χ0v) is 18.4. The van der Waals surface area contributed by atoms with Gasteiger partial charge in [0.15, 0.2) is 0 Å². The molecule has 0 aliphatic carbocycles. The molecule has 0 radical (unpaired) electrons. The summed E-state index contributed by atoms with van der Waals surface area (Å²) in [6.07, 6.45) is -4.60. The number of nitrogens with zero attached hydrogens (tertiary/aromatic N) is 2. The zero-order valence-electron chi connectivity index (χ0n) is 17.6. The molecule has 7 nitrogen and oxygen atoms in total. The molecule has 1 heterocycles. The van der Waals surface area contributed by atoms with E-state index in [-0.39, 0.29) is 16.0 Å². The first-order valence-electron chi connectivity index (χ1n) is 9.73. The highest BCUT2D eigenvalue weighted by Gasteiger charge is 2.33. The zero-order chi connectivity index (χ0) is 23.5. The van der Waals surface area contributed by atoms with Gasteiger partial charge in [0, 0.05) is 32.7 Å². The standard InChI is InChI=1S/C21H23F3N2O5S/c1-25(2)32(28,29)16-7-8-19(26-9-11-30-12-10-26)17(13-16)20(27)31-14-15-5-3-4-6-18(15)21(22,23)24/h3-8,13H,9-12,14H2,1-2H3. The fourth-order valence-corrected chi connectivity index (χ4v) is 4.20. The Morgan fingerprint density at radius 3 is 2.41 bits per heavy atom. The lowest BCUT2D eigenvalue weighted by atomic mass is 10.1. The molecule has 32 heavy (non-hydrogen) atoms. The molecular weight excluding hydrogens is 449 g/mol. The minimum atomic E-state index is -4.60. The van der Waals surface area contributed by atoms with E-state index in [2.05, 4.69) is 0 Å². The summed E-state index contributed by atoms with van der Waals surface area (Å²) in [6.45, 7) is 1.17. The van der Waals surface area contributed by atoms with Crippen LogP contribution in [0, 0.1) is 0 Å². The van der Waals surface area contributed by atoms with E-state index in [0.717, 1.165) is 10.4 Å². The molecular formula is C21H23F3N2O5S. The fourth-order valence-electron chi connectivity index (χ4n) is 3.27. The molecule has 1 aliphatic heterocycles. The molecule has 0 saturated carbocycles. The second kappa shape index (κ2) is 9.47. The number of halogens is 3. The van der Waals surface area contributed by atoms with E-state index in [1.807, 2.05) is 4.90 Å². The summed E-state index contributed by atoms with van der Waals surface area (Å²) in [7, 11) is -1.12. The fraction of sp³-hybridized carbons (Fsp3) is 0.381. The highest BCUT2D eigenvalue weighted by atomic mass is 32.2. The van der Waals surface area contributed by atoms with Crippen LogP contribution in [0.15, 0.2) is 47.4 Å². The van der Waals surface area contributed by atoms with Gasteiger partial charge in [0.2, 0.25) is 10.0 Å². The Bertz CT molecular complexity index is 1080. The molecule has 0 unspecified atom stereocenters. The number of benzene rings is 2. The van der Waals surface area contributed by atoms with E-state index in [1.165, 1.54) is 50.5 Å². The summed E-state index contributed by atoms with van der Waals surface area (Å²) in [4.78, 5) is 14.6. The van der Waals surface area contributed by atoms with Crippen LogP contribution in [0.1, 0.15) is 21.5 Å². The van der Waals surface area contributed by atoms with Crippen LogP contribution >= 0.6 is 0 Å². The van der Waals surface area contributed by atoms with Crippen molar-refractivity contribution >= 4 is 21.7 Å². The number of carbonyl (C=O) groups excluding carboxylic acids is 1. The average Bonchev–Trinajstić information content (AvgIpc) is 2.77. The van der Waals surface area contributed by atoms with Crippen molar-refractivity contribution in [1.29, 1.82) is 0 Å². The highest BCUT2D eigenvalue weighted by Crippen LogP contribution is 2.33. The number of hydrogen-bond donors (Lipinski definition) is 0. The van der Waals surface area contributed by atoms with Crippen LogP contribution in [-0.2, 0) is 32.3 Å². The van der Waals surface area contributed by atoms with Crippen molar-refractivity contribution in [2.45, 2.75) is 17.7 Å². The van der Waals surface area contributed by atoms with E-state index in [0.29, 0.717) is 32.0 Å². The number of morpholine rings is 1. The summed E-state index contributed by atoms with van der Waals surface area (Å²) in [5.41, 5.74) is -0.706. The number of anilines is 1. The van der Waals surface area contributed by atoms with Gasteiger partial charge in [-0.3, -0.25) is 0 Å². The van der Waals surface area contributed by atoms with Crippen molar-refractivity contribution in [1.82, 2.24) is 4.31 Å². The normalized spacial score (nSPS) is 15.1. The van der Waals surface area contributed by atoms with Crippen molar-refractivity contribution in [3.8, 4) is 0 Å². The van der Waals surface area contributed by atoms with Gasteiger partial charge >= 0.3 is 12.1 Å². The number of rotatable bonds is 6. The molecule has 2 aromatic rings. The molecule has 0 N–H and O–H groups in total. The number of esters is 1. The Morgan fingerprint density at radius 1 is 1.12 bits per heavy atom. The highest BCUT2D eigenvalue weighted by molar-refractivity contribution is 7.89. The van der Waals surface area contributed by atoms with Crippen LogP contribution in [0.5, 0.6) is 0 Å². The lowest BCUT2D eigenvalue weighted by Gasteiger charge is -2.30. The summed E-state index contributed by atoms with van der Waals surface area (Å²) in [5, 5.41) is 0. The predicted molar refractivity (Wildman–Crippen MR) is 111 cm³/mol.